The van der Waals surface area contributed by atoms with E-state index in [-0.39, 0.29) is 5.91 Å². The number of halogens is 1. The molecule has 0 aliphatic carbocycles. The van der Waals surface area contributed by atoms with Crippen molar-refractivity contribution in [1.82, 2.24) is 10.2 Å². The maximum absolute atomic E-state index is 12.5. The average molecular weight is 351 g/mol. The number of amides is 1. The van der Waals surface area contributed by atoms with Crippen molar-refractivity contribution in [2.24, 2.45) is 0 Å². The highest BCUT2D eigenvalue weighted by atomic mass is 79.9. The second-order valence-corrected chi connectivity index (χ2v) is 7.30. The third kappa shape index (κ3) is 2.80. The van der Waals surface area contributed by atoms with Crippen LogP contribution in [0.5, 0.6) is 0 Å². The Kier molecular flexibility index (Phi) is 3.92. The minimum absolute atomic E-state index is 0.0713. The van der Waals surface area contributed by atoms with Crippen molar-refractivity contribution in [2.75, 3.05) is 7.05 Å². The lowest BCUT2D eigenvalue weighted by atomic mass is 10.1. The standard InChI is InChI=1S/C15H15BrN2OS/c1-18(8-10-4-14(16)20-9-10)15(19)11-2-3-12-6-17-7-13(12)5-11/h2-5,9,17H,6-8H2,1H3. The molecule has 1 aliphatic rings. The first-order valence-corrected chi connectivity index (χ1v) is 8.11. The Morgan fingerprint density at radius 3 is 2.90 bits per heavy atom. The number of carbonyl (C=O) groups excluding carboxylic acids is 1. The van der Waals surface area contributed by atoms with Crippen molar-refractivity contribution in [3.05, 3.63) is 55.7 Å². The Morgan fingerprint density at radius 1 is 1.35 bits per heavy atom. The fraction of sp³-hybridized carbons (Fsp3) is 0.267. The monoisotopic (exact) mass is 350 g/mol. The number of carbonyl (C=O) groups is 1. The van der Waals surface area contributed by atoms with Gasteiger partial charge in [-0.05, 0) is 56.2 Å². The zero-order chi connectivity index (χ0) is 14.1. The van der Waals surface area contributed by atoms with E-state index in [1.807, 2.05) is 19.2 Å². The summed E-state index contributed by atoms with van der Waals surface area (Å²) in [6.45, 7) is 2.40. The van der Waals surface area contributed by atoms with Gasteiger partial charge in [0.1, 0.15) is 0 Å². The van der Waals surface area contributed by atoms with E-state index < -0.39 is 0 Å². The Balaban J connectivity index is 1.74. The Labute approximate surface area is 130 Å². The summed E-state index contributed by atoms with van der Waals surface area (Å²) in [5, 5.41) is 5.37. The molecule has 5 heteroatoms. The summed E-state index contributed by atoms with van der Waals surface area (Å²) in [5.74, 6) is 0.0713. The van der Waals surface area contributed by atoms with Gasteiger partial charge in [0.2, 0.25) is 0 Å². The first-order valence-electron chi connectivity index (χ1n) is 6.44. The van der Waals surface area contributed by atoms with Crippen LogP contribution in [0.3, 0.4) is 0 Å². The molecule has 104 valence electrons. The van der Waals surface area contributed by atoms with Crippen molar-refractivity contribution in [3.63, 3.8) is 0 Å². The van der Waals surface area contributed by atoms with Gasteiger partial charge in [0.05, 0.1) is 3.79 Å². The van der Waals surface area contributed by atoms with E-state index >= 15 is 0 Å². The molecule has 0 unspecified atom stereocenters. The zero-order valence-electron chi connectivity index (χ0n) is 11.1. The smallest absolute Gasteiger partial charge is 0.253 e. The number of nitrogens with zero attached hydrogens (tertiary/aromatic N) is 1. The largest absolute Gasteiger partial charge is 0.337 e. The zero-order valence-corrected chi connectivity index (χ0v) is 13.6. The van der Waals surface area contributed by atoms with E-state index in [2.05, 4.69) is 38.8 Å². The molecule has 0 spiro atoms. The lowest BCUT2D eigenvalue weighted by Gasteiger charge is -2.17. The topological polar surface area (TPSA) is 32.3 Å². The van der Waals surface area contributed by atoms with Gasteiger partial charge in [0, 0.05) is 32.2 Å². The predicted octanol–water partition coefficient (Wildman–Crippen LogP) is 3.39. The van der Waals surface area contributed by atoms with Crippen molar-refractivity contribution >= 4 is 33.2 Å². The third-order valence-corrected chi connectivity index (χ3v) is 5.03. The molecule has 0 saturated heterocycles. The van der Waals surface area contributed by atoms with Crippen molar-refractivity contribution < 1.29 is 4.79 Å². The summed E-state index contributed by atoms with van der Waals surface area (Å²) >= 11 is 5.09. The van der Waals surface area contributed by atoms with Crippen LogP contribution in [0.4, 0.5) is 0 Å². The average Bonchev–Trinajstić information content (AvgIpc) is 3.05. The number of nitrogens with one attached hydrogen (secondary N) is 1. The highest BCUT2D eigenvalue weighted by molar-refractivity contribution is 9.11. The van der Waals surface area contributed by atoms with Crippen LogP contribution in [0.1, 0.15) is 27.0 Å². The molecule has 1 aromatic heterocycles. The normalized spacial score (nSPS) is 13.3. The molecule has 1 aromatic carbocycles. The van der Waals surface area contributed by atoms with Gasteiger partial charge in [-0.1, -0.05) is 6.07 Å². The van der Waals surface area contributed by atoms with Crippen LogP contribution in [0.25, 0.3) is 0 Å². The molecule has 2 aromatic rings. The van der Waals surface area contributed by atoms with E-state index in [0.29, 0.717) is 6.54 Å². The quantitative estimate of drug-likeness (QED) is 0.920. The lowest BCUT2D eigenvalue weighted by Crippen LogP contribution is -2.26. The molecular formula is C15H15BrN2OS. The first kappa shape index (κ1) is 13.8. The summed E-state index contributed by atoms with van der Waals surface area (Å²) in [6, 6.07) is 8.05. The Morgan fingerprint density at radius 2 is 2.15 bits per heavy atom. The van der Waals surface area contributed by atoms with Crippen molar-refractivity contribution in [3.8, 4) is 0 Å². The summed E-state index contributed by atoms with van der Waals surface area (Å²) in [5.41, 5.74) is 4.46. The molecule has 3 nitrogen and oxygen atoms in total. The molecule has 20 heavy (non-hydrogen) atoms. The van der Waals surface area contributed by atoms with Crippen molar-refractivity contribution in [1.29, 1.82) is 0 Å². The molecule has 0 atom stereocenters. The van der Waals surface area contributed by atoms with Crippen LogP contribution >= 0.6 is 27.3 Å². The van der Waals surface area contributed by atoms with Gasteiger partial charge < -0.3 is 10.2 Å². The van der Waals surface area contributed by atoms with Crippen LogP contribution in [-0.2, 0) is 19.6 Å². The van der Waals surface area contributed by atoms with Crippen LogP contribution in [0.15, 0.2) is 33.4 Å². The number of thiophene rings is 1. The van der Waals surface area contributed by atoms with E-state index in [0.717, 1.165) is 28.0 Å². The maximum atomic E-state index is 12.5. The van der Waals surface area contributed by atoms with Crippen LogP contribution in [-0.4, -0.2) is 17.9 Å². The summed E-state index contributed by atoms with van der Waals surface area (Å²) in [7, 11) is 1.85. The molecule has 1 aliphatic heterocycles. The van der Waals surface area contributed by atoms with Crippen LogP contribution in [0, 0.1) is 0 Å². The number of hydrogen-bond acceptors (Lipinski definition) is 3. The SMILES string of the molecule is CN(Cc1csc(Br)c1)C(=O)c1ccc2c(c1)CNC2. The number of benzene rings is 1. The van der Waals surface area contributed by atoms with Gasteiger partial charge >= 0.3 is 0 Å². The number of fused-ring (bicyclic) bond motifs is 1. The fourth-order valence-corrected chi connectivity index (χ4v) is 3.62. The Bertz CT molecular complexity index is 653. The molecular weight excluding hydrogens is 336 g/mol. The van der Waals surface area contributed by atoms with E-state index in [4.69, 9.17) is 0 Å². The van der Waals surface area contributed by atoms with Gasteiger partial charge in [-0.25, -0.2) is 0 Å². The highest BCUT2D eigenvalue weighted by Crippen LogP contribution is 2.22. The number of hydrogen-bond donors (Lipinski definition) is 1. The van der Waals surface area contributed by atoms with Gasteiger partial charge in [0.15, 0.2) is 0 Å². The molecule has 0 saturated carbocycles. The second kappa shape index (κ2) is 5.68. The lowest BCUT2D eigenvalue weighted by molar-refractivity contribution is 0.0785. The van der Waals surface area contributed by atoms with Crippen molar-refractivity contribution in [2.45, 2.75) is 19.6 Å². The number of rotatable bonds is 3. The first-order chi connectivity index (χ1) is 9.63. The van der Waals surface area contributed by atoms with Gasteiger partial charge in [-0.15, -0.1) is 11.3 Å². The minimum Gasteiger partial charge on any atom is -0.337 e. The molecule has 3 rings (SSSR count). The fourth-order valence-electron chi connectivity index (χ4n) is 2.42. The van der Waals surface area contributed by atoms with E-state index in [1.54, 1.807) is 16.2 Å². The van der Waals surface area contributed by atoms with Crippen LogP contribution < -0.4 is 5.32 Å². The van der Waals surface area contributed by atoms with Gasteiger partial charge in [0.25, 0.3) is 5.91 Å². The summed E-state index contributed by atoms with van der Waals surface area (Å²) < 4.78 is 1.09. The summed E-state index contributed by atoms with van der Waals surface area (Å²) in [6.07, 6.45) is 0. The second-order valence-electron chi connectivity index (χ2n) is 5.01. The molecule has 1 amide bonds. The predicted molar refractivity (Wildman–Crippen MR) is 84.8 cm³/mol. The third-order valence-electron chi connectivity index (χ3n) is 3.47. The summed E-state index contributed by atoms with van der Waals surface area (Å²) in [4.78, 5) is 14.2. The van der Waals surface area contributed by atoms with Gasteiger partial charge in [-0.3, -0.25) is 4.79 Å². The van der Waals surface area contributed by atoms with Crippen LogP contribution in [0.2, 0.25) is 0 Å². The van der Waals surface area contributed by atoms with Gasteiger partial charge in [-0.2, -0.15) is 0 Å². The van der Waals surface area contributed by atoms with E-state index in [1.165, 1.54) is 11.1 Å². The highest BCUT2D eigenvalue weighted by Gasteiger charge is 2.16. The molecule has 0 radical (unpaired) electrons. The molecule has 0 bridgehead atoms. The Hall–Kier alpha value is -1.17. The minimum atomic E-state index is 0.0713. The van der Waals surface area contributed by atoms with E-state index in [9.17, 15) is 4.79 Å². The molecule has 0 fully saturated rings. The molecule has 2 heterocycles. The molecule has 1 N–H and O–H groups in total. The maximum Gasteiger partial charge on any atom is 0.253 e.